The molecule has 0 N–H and O–H groups in total. The van der Waals surface area contributed by atoms with Crippen LogP contribution in [-0.4, -0.2) is 14.5 Å². The fourth-order valence-electron chi connectivity index (χ4n) is 2.98. The number of alkyl halides is 3. The number of hydrogen-bond acceptors (Lipinski definition) is 4. The SMILES string of the molecule is Cc1cc(C)c2c(n1)sc1c(=O)n(-c3cccc(C(F)(F)F)c3)cnc12. The Bertz CT molecular complexity index is 1220. The van der Waals surface area contributed by atoms with Crippen molar-refractivity contribution in [3.05, 3.63) is 63.8 Å². The van der Waals surface area contributed by atoms with E-state index in [1.807, 2.05) is 19.9 Å². The Hall–Kier alpha value is -2.74. The molecule has 0 saturated heterocycles. The number of rotatable bonds is 1. The molecule has 0 aliphatic rings. The first-order valence-electron chi connectivity index (χ1n) is 7.71. The molecule has 0 radical (unpaired) electrons. The molecule has 4 nitrogen and oxygen atoms in total. The quantitative estimate of drug-likeness (QED) is 0.487. The minimum Gasteiger partial charge on any atom is -0.267 e. The van der Waals surface area contributed by atoms with E-state index in [0.717, 1.165) is 33.3 Å². The lowest BCUT2D eigenvalue weighted by molar-refractivity contribution is -0.137. The van der Waals surface area contributed by atoms with Gasteiger partial charge in [0.2, 0.25) is 0 Å². The second-order valence-corrected chi connectivity index (χ2v) is 7.01. The summed E-state index contributed by atoms with van der Waals surface area (Å²) in [6, 6.07) is 6.54. The van der Waals surface area contributed by atoms with Crippen molar-refractivity contribution in [2.75, 3.05) is 0 Å². The number of hydrogen-bond donors (Lipinski definition) is 0. The first kappa shape index (κ1) is 16.7. The van der Waals surface area contributed by atoms with Gasteiger partial charge in [0.05, 0.1) is 16.8 Å². The van der Waals surface area contributed by atoms with Gasteiger partial charge in [0.15, 0.2) is 0 Å². The summed E-state index contributed by atoms with van der Waals surface area (Å²) in [5, 5.41) is 0.809. The Morgan fingerprint density at radius 3 is 2.65 bits per heavy atom. The Balaban J connectivity index is 1.99. The number of aromatic nitrogens is 3. The molecule has 8 heteroatoms. The highest BCUT2D eigenvalue weighted by Gasteiger charge is 2.30. The van der Waals surface area contributed by atoms with Crippen LogP contribution in [0.3, 0.4) is 0 Å². The molecule has 0 spiro atoms. The van der Waals surface area contributed by atoms with Crippen LogP contribution < -0.4 is 5.56 Å². The number of fused-ring (bicyclic) bond motifs is 3. The molecule has 0 aliphatic heterocycles. The van der Waals surface area contributed by atoms with E-state index in [4.69, 9.17) is 0 Å². The van der Waals surface area contributed by atoms with Crippen LogP contribution in [0.4, 0.5) is 13.2 Å². The Morgan fingerprint density at radius 1 is 1.15 bits per heavy atom. The van der Waals surface area contributed by atoms with Crippen LogP contribution in [0, 0.1) is 13.8 Å². The zero-order chi connectivity index (χ0) is 18.6. The fraction of sp³-hybridized carbons (Fsp3) is 0.167. The molecule has 0 amide bonds. The normalized spacial score (nSPS) is 12.2. The van der Waals surface area contributed by atoms with Gasteiger partial charge in [-0.05, 0) is 43.7 Å². The number of nitrogens with zero attached hydrogens (tertiary/aromatic N) is 3. The molecule has 4 rings (SSSR count). The van der Waals surface area contributed by atoms with Crippen LogP contribution in [0.1, 0.15) is 16.8 Å². The summed E-state index contributed by atoms with van der Waals surface area (Å²) in [6.45, 7) is 3.79. The molecule has 3 heterocycles. The van der Waals surface area contributed by atoms with Crippen molar-refractivity contribution >= 4 is 31.8 Å². The average molecular weight is 375 g/mol. The van der Waals surface area contributed by atoms with Crippen molar-refractivity contribution in [1.29, 1.82) is 0 Å². The van der Waals surface area contributed by atoms with E-state index >= 15 is 0 Å². The predicted molar refractivity (Wildman–Crippen MR) is 95.0 cm³/mol. The van der Waals surface area contributed by atoms with Gasteiger partial charge in [0.1, 0.15) is 15.9 Å². The third kappa shape index (κ3) is 2.57. The van der Waals surface area contributed by atoms with Gasteiger partial charge >= 0.3 is 6.18 Å². The maximum Gasteiger partial charge on any atom is 0.416 e. The lowest BCUT2D eigenvalue weighted by atomic mass is 10.1. The second kappa shape index (κ2) is 5.63. The largest absolute Gasteiger partial charge is 0.416 e. The van der Waals surface area contributed by atoms with E-state index < -0.39 is 17.3 Å². The fourth-order valence-corrected chi connectivity index (χ4v) is 4.16. The summed E-state index contributed by atoms with van der Waals surface area (Å²) >= 11 is 1.21. The predicted octanol–water partition coefficient (Wildman–Crippen LogP) is 4.63. The summed E-state index contributed by atoms with van der Waals surface area (Å²) in [5.41, 5.74) is 1.23. The molecule has 0 aliphatic carbocycles. The van der Waals surface area contributed by atoms with Crippen LogP contribution in [0.2, 0.25) is 0 Å². The van der Waals surface area contributed by atoms with E-state index in [1.54, 1.807) is 0 Å². The van der Waals surface area contributed by atoms with E-state index in [-0.39, 0.29) is 5.69 Å². The molecule has 0 atom stereocenters. The lowest BCUT2D eigenvalue weighted by Gasteiger charge is -2.10. The molecule has 0 bridgehead atoms. The molecule has 0 fully saturated rings. The van der Waals surface area contributed by atoms with E-state index in [2.05, 4.69) is 9.97 Å². The van der Waals surface area contributed by atoms with E-state index in [0.29, 0.717) is 15.0 Å². The van der Waals surface area contributed by atoms with Gasteiger partial charge in [-0.2, -0.15) is 13.2 Å². The number of thiophene rings is 1. The highest BCUT2D eigenvalue weighted by atomic mass is 32.1. The third-order valence-electron chi connectivity index (χ3n) is 4.13. The van der Waals surface area contributed by atoms with Gasteiger partial charge in [-0.25, -0.2) is 9.97 Å². The molecular weight excluding hydrogens is 363 g/mol. The minimum absolute atomic E-state index is 0.123. The standard InChI is InChI=1S/C18H12F3N3OS/c1-9-6-10(2)23-16-13(9)14-15(26-16)17(25)24(8-22-14)12-5-3-4-11(7-12)18(19,20)21/h3-8H,1-2H3. The van der Waals surface area contributed by atoms with Gasteiger partial charge in [-0.15, -0.1) is 11.3 Å². The Morgan fingerprint density at radius 2 is 1.92 bits per heavy atom. The highest BCUT2D eigenvalue weighted by Crippen LogP contribution is 2.33. The van der Waals surface area contributed by atoms with E-state index in [1.165, 1.54) is 29.8 Å². The average Bonchev–Trinajstić information content (AvgIpc) is 2.94. The minimum atomic E-state index is -4.48. The van der Waals surface area contributed by atoms with Gasteiger partial charge in [0.25, 0.3) is 5.56 Å². The van der Waals surface area contributed by atoms with Gasteiger partial charge in [-0.1, -0.05) is 6.07 Å². The Kier molecular flexibility index (Phi) is 3.62. The number of pyridine rings is 1. The van der Waals surface area contributed by atoms with Crippen molar-refractivity contribution in [1.82, 2.24) is 14.5 Å². The lowest BCUT2D eigenvalue weighted by Crippen LogP contribution is -2.18. The molecule has 0 unspecified atom stereocenters. The first-order valence-corrected chi connectivity index (χ1v) is 8.53. The highest BCUT2D eigenvalue weighted by molar-refractivity contribution is 7.25. The third-order valence-corrected chi connectivity index (χ3v) is 5.19. The monoisotopic (exact) mass is 375 g/mol. The molecule has 3 aromatic heterocycles. The number of halogens is 3. The van der Waals surface area contributed by atoms with Crippen LogP contribution in [-0.2, 0) is 6.18 Å². The van der Waals surface area contributed by atoms with Crippen LogP contribution in [0.5, 0.6) is 0 Å². The van der Waals surface area contributed by atoms with Crippen molar-refractivity contribution in [2.24, 2.45) is 0 Å². The molecule has 1 aromatic carbocycles. The second-order valence-electron chi connectivity index (χ2n) is 6.01. The smallest absolute Gasteiger partial charge is 0.267 e. The molecule has 0 saturated carbocycles. The summed E-state index contributed by atoms with van der Waals surface area (Å²) in [5.74, 6) is 0. The van der Waals surface area contributed by atoms with Crippen molar-refractivity contribution in [3.63, 3.8) is 0 Å². The molecule has 4 aromatic rings. The zero-order valence-corrected chi connectivity index (χ0v) is 14.6. The number of aryl methyl sites for hydroxylation is 2. The topological polar surface area (TPSA) is 47.8 Å². The molecule has 26 heavy (non-hydrogen) atoms. The van der Waals surface area contributed by atoms with Crippen molar-refractivity contribution < 1.29 is 13.2 Å². The summed E-state index contributed by atoms with van der Waals surface area (Å²) in [6.07, 6.45) is -3.21. The summed E-state index contributed by atoms with van der Waals surface area (Å²) < 4.78 is 40.4. The molecule has 132 valence electrons. The van der Waals surface area contributed by atoms with Crippen LogP contribution in [0.25, 0.3) is 26.1 Å². The molecular formula is C18H12F3N3OS. The first-order chi connectivity index (χ1) is 12.3. The van der Waals surface area contributed by atoms with Gasteiger partial charge in [0, 0.05) is 11.1 Å². The van der Waals surface area contributed by atoms with Gasteiger partial charge < -0.3 is 0 Å². The van der Waals surface area contributed by atoms with Gasteiger partial charge in [-0.3, -0.25) is 9.36 Å². The van der Waals surface area contributed by atoms with E-state index in [9.17, 15) is 18.0 Å². The Labute approximate surface area is 149 Å². The van der Waals surface area contributed by atoms with Crippen molar-refractivity contribution in [3.8, 4) is 5.69 Å². The van der Waals surface area contributed by atoms with Crippen LogP contribution in [0.15, 0.2) is 41.5 Å². The zero-order valence-electron chi connectivity index (χ0n) is 13.8. The maximum atomic E-state index is 12.9. The van der Waals surface area contributed by atoms with Crippen LogP contribution >= 0.6 is 11.3 Å². The number of benzene rings is 1. The summed E-state index contributed by atoms with van der Waals surface area (Å²) in [7, 11) is 0. The summed E-state index contributed by atoms with van der Waals surface area (Å²) in [4.78, 5) is 22.4. The maximum absolute atomic E-state index is 12.9. The van der Waals surface area contributed by atoms with Crippen molar-refractivity contribution in [2.45, 2.75) is 20.0 Å².